The van der Waals surface area contributed by atoms with Gasteiger partial charge in [0.15, 0.2) is 5.13 Å². The summed E-state index contributed by atoms with van der Waals surface area (Å²) in [5.41, 5.74) is 0.659. The van der Waals surface area contributed by atoms with E-state index in [0.29, 0.717) is 10.8 Å². The smallest absolute Gasteiger partial charge is 0.311 e. The van der Waals surface area contributed by atoms with E-state index in [-0.39, 0.29) is 24.3 Å². The summed E-state index contributed by atoms with van der Waals surface area (Å²) in [7, 11) is 1.35. The molecule has 21 heavy (non-hydrogen) atoms. The fraction of sp³-hybridized carbons (Fsp3) is 0.643. The molecule has 0 bridgehead atoms. The van der Waals surface area contributed by atoms with Crippen molar-refractivity contribution in [3.8, 4) is 0 Å². The van der Waals surface area contributed by atoms with Crippen molar-refractivity contribution in [1.82, 2.24) is 9.88 Å². The Morgan fingerprint density at radius 3 is 2.81 bits per heavy atom. The van der Waals surface area contributed by atoms with Gasteiger partial charge in [0.05, 0.1) is 19.2 Å². The van der Waals surface area contributed by atoms with E-state index in [1.807, 2.05) is 11.8 Å². The number of rotatable bonds is 5. The van der Waals surface area contributed by atoms with Crippen LogP contribution < -0.4 is 5.32 Å². The number of hydrogen-bond donors (Lipinski definition) is 1. The lowest BCUT2D eigenvalue weighted by molar-refractivity contribution is -0.139. The van der Waals surface area contributed by atoms with E-state index in [2.05, 4.69) is 15.0 Å². The second kappa shape index (κ2) is 7.40. The Balaban J connectivity index is 1.88. The van der Waals surface area contributed by atoms with Crippen LogP contribution in [0.1, 0.15) is 31.9 Å². The van der Waals surface area contributed by atoms with Gasteiger partial charge < -0.3 is 15.0 Å². The van der Waals surface area contributed by atoms with Gasteiger partial charge in [-0.1, -0.05) is 0 Å². The molecule has 1 saturated heterocycles. The Morgan fingerprint density at radius 1 is 1.43 bits per heavy atom. The Kier molecular flexibility index (Phi) is 5.55. The summed E-state index contributed by atoms with van der Waals surface area (Å²) in [6.45, 7) is 3.53. The molecule has 6 nitrogen and oxygen atoms in total. The molecule has 1 fully saturated rings. The predicted molar refractivity (Wildman–Crippen MR) is 81.3 cm³/mol. The summed E-state index contributed by atoms with van der Waals surface area (Å²) in [6.07, 6.45) is 3.52. The van der Waals surface area contributed by atoms with Crippen LogP contribution in [0.2, 0.25) is 0 Å². The topological polar surface area (TPSA) is 71.5 Å². The van der Waals surface area contributed by atoms with Gasteiger partial charge in [-0.2, -0.15) is 0 Å². The maximum atomic E-state index is 12.3. The van der Waals surface area contributed by atoms with Crippen LogP contribution in [0.3, 0.4) is 0 Å². The summed E-state index contributed by atoms with van der Waals surface area (Å²) in [4.78, 5) is 29.7. The summed E-state index contributed by atoms with van der Waals surface area (Å²) in [6, 6.07) is -0.305. The van der Waals surface area contributed by atoms with Crippen LogP contribution in [-0.4, -0.2) is 48.0 Å². The number of esters is 1. The highest BCUT2D eigenvalue weighted by Gasteiger charge is 2.22. The van der Waals surface area contributed by atoms with Crippen LogP contribution in [0.15, 0.2) is 5.38 Å². The SMILES string of the molecule is COC(=O)Cc1csc(NC(C)C(=O)N2CCCCC2)n1. The van der Waals surface area contributed by atoms with Gasteiger partial charge in [-0.3, -0.25) is 9.59 Å². The number of hydrogen-bond acceptors (Lipinski definition) is 6. The molecule has 1 aromatic rings. The third-order valence-electron chi connectivity index (χ3n) is 3.48. The predicted octanol–water partition coefficient (Wildman–Crippen LogP) is 1.67. The number of likely N-dealkylation sites (tertiary alicyclic amines) is 1. The monoisotopic (exact) mass is 311 g/mol. The minimum absolute atomic E-state index is 0.111. The molecule has 2 heterocycles. The standard InChI is InChI=1S/C14H21N3O3S/c1-10(13(19)17-6-4-3-5-7-17)15-14-16-11(9-21-14)8-12(18)20-2/h9-10H,3-8H2,1-2H3,(H,15,16). The number of carbonyl (C=O) groups is 2. The Hall–Kier alpha value is -1.63. The number of methoxy groups -OCH3 is 1. The summed E-state index contributed by atoms with van der Waals surface area (Å²) in [5, 5.41) is 5.58. The molecule has 0 radical (unpaired) electrons. The van der Waals surface area contributed by atoms with Crippen molar-refractivity contribution in [3.63, 3.8) is 0 Å². The van der Waals surface area contributed by atoms with Gasteiger partial charge in [-0.15, -0.1) is 11.3 Å². The average Bonchev–Trinajstić information content (AvgIpc) is 2.94. The fourth-order valence-electron chi connectivity index (χ4n) is 2.31. The number of piperidine rings is 1. The number of thiazole rings is 1. The van der Waals surface area contributed by atoms with Crippen LogP contribution in [0.25, 0.3) is 0 Å². The van der Waals surface area contributed by atoms with Gasteiger partial charge in [-0.25, -0.2) is 4.98 Å². The highest BCUT2D eigenvalue weighted by molar-refractivity contribution is 7.13. The van der Waals surface area contributed by atoms with Crippen LogP contribution in [0.4, 0.5) is 5.13 Å². The first-order chi connectivity index (χ1) is 10.1. The van der Waals surface area contributed by atoms with Crippen molar-refractivity contribution in [2.75, 3.05) is 25.5 Å². The number of nitrogens with one attached hydrogen (secondary N) is 1. The molecule has 0 aliphatic carbocycles. The molecule has 1 N–H and O–H groups in total. The van der Waals surface area contributed by atoms with Gasteiger partial charge in [0.1, 0.15) is 6.04 Å². The lowest BCUT2D eigenvalue weighted by atomic mass is 10.1. The molecule has 0 saturated carbocycles. The molecule has 7 heteroatoms. The van der Waals surface area contributed by atoms with E-state index in [1.165, 1.54) is 24.9 Å². The van der Waals surface area contributed by atoms with Crippen LogP contribution >= 0.6 is 11.3 Å². The Morgan fingerprint density at radius 2 is 2.14 bits per heavy atom. The lowest BCUT2D eigenvalue weighted by Crippen LogP contribution is -2.43. The van der Waals surface area contributed by atoms with E-state index in [4.69, 9.17) is 0 Å². The van der Waals surface area contributed by atoms with Crippen molar-refractivity contribution in [1.29, 1.82) is 0 Å². The van der Waals surface area contributed by atoms with Crippen molar-refractivity contribution >= 4 is 28.3 Å². The third-order valence-corrected chi connectivity index (χ3v) is 4.31. The first-order valence-corrected chi connectivity index (χ1v) is 8.04. The maximum absolute atomic E-state index is 12.3. The Labute approximate surface area is 128 Å². The molecule has 1 aliphatic rings. The maximum Gasteiger partial charge on any atom is 0.311 e. The number of nitrogens with zero attached hydrogens (tertiary/aromatic N) is 2. The minimum Gasteiger partial charge on any atom is -0.469 e. The van der Waals surface area contributed by atoms with Crippen LogP contribution in [-0.2, 0) is 20.7 Å². The zero-order chi connectivity index (χ0) is 15.2. The summed E-state index contributed by atoms with van der Waals surface area (Å²) < 4.78 is 4.61. The largest absolute Gasteiger partial charge is 0.469 e. The summed E-state index contributed by atoms with van der Waals surface area (Å²) in [5.74, 6) is -0.205. The number of aromatic nitrogens is 1. The van der Waals surface area contributed by atoms with E-state index in [1.54, 1.807) is 5.38 Å². The van der Waals surface area contributed by atoms with E-state index >= 15 is 0 Å². The normalized spacial score (nSPS) is 16.4. The van der Waals surface area contributed by atoms with Crippen molar-refractivity contribution < 1.29 is 14.3 Å². The van der Waals surface area contributed by atoms with E-state index < -0.39 is 0 Å². The average molecular weight is 311 g/mol. The molecule has 116 valence electrons. The summed E-state index contributed by atoms with van der Waals surface area (Å²) >= 11 is 1.39. The van der Waals surface area contributed by atoms with Gasteiger partial charge in [0.2, 0.25) is 5.91 Å². The first kappa shape index (κ1) is 15.8. The molecule has 1 aromatic heterocycles. The highest BCUT2D eigenvalue weighted by atomic mass is 32.1. The second-order valence-electron chi connectivity index (χ2n) is 5.15. The number of amides is 1. The second-order valence-corrected chi connectivity index (χ2v) is 6.01. The first-order valence-electron chi connectivity index (χ1n) is 7.16. The third kappa shape index (κ3) is 4.42. The van der Waals surface area contributed by atoms with Crippen molar-refractivity contribution in [3.05, 3.63) is 11.1 Å². The molecule has 0 spiro atoms. The van der Waals surface area contributed by atoms with Gasteiger partial charge in [0.25, 0.3) is 0 Å². The molecular weight excluding hydrogens is 290 g/mol. The molecule has 1 aliphatic heterocycles. The van der Waals surface area contributed by atoms with Gasteiger partial charge in [-0.05, 0) is 26.2 Å². The molecular formula is C14H21N3O3S. The minimum atomic E-state index is -0.315. The molecule has 1 unspecified atom stereocenters. The van der Waals surface area contributed by atoms with Gasteiger partial charge >= 0.3 is 5.97 Å². The number of ether oxygens (including phenoxy) is 1. The highest BCUT2D eigenvalue weighted by Crippen LogP contribution is 2.18. The number of carbonyl (C=O) groups excluding carboxylic acids is 2. The quantitative estimate of drug-likeness (QED) is 0.838. The number of anilines is 1. The zero-order valence-electron chi connectivity index (χ0n) is 12.4. The Bertz CT molecular complexity index is 497. The zero-order valence-corrected chi connectivity index (χ0v) is 13.2. The van der Waals surface area contributed by atoms with Crippen LogP contribution in [0, 0.1) is 0 Å². The van der Waals surface area contributed by atoms with E-state index in [9.17, 15) is 9.59 Å². The van der Waals surface area contributed by atoms with Crippen molar-refractivity contribution in [2.45, 2.75) is 38.6 Å². The lowest BCUT2D eigenvalue weighted by Gasteiger charge is -2.29. The van der Waals surface area contributed by atoms with Crippen molar-refractivity contribution in [2.24, 2.45) is 0 Å². The molecule has 1 atom stereocenters. The van der Waals surface area contributed by atoms with E-state index in [0.717, 1.165) is 25.9 Å². The van der Waals surface area contributed by atoms with Crippen LogP contribution in [0.5, 0.6) is 0 Å². The molecule has 0 aromatic carbocycles. The molecule has 2 rings (SSSR count). The molecule has 1 amide bonds. The fourth-order valence-corrected chi connectivity index (χ4v) is 3.11. The van der Waals surface area contributed by atoms with Gasteiger partial charge in [0, 0.05) is 18.5 Å².